The minimum Gasteiger partial charge on any atom is -0.348 e. The maximum Gasteiger partial charge on any atom is 0.244 e. The van der Waals surface area contributed by atoms with Gasteiger partial charge in [0.15, 0.2) is 0 Å². The van der Waals surface area contributed by atoms with Crippen molar-refractivity contribution < 1.29 is 4.79 Å². The van der Waals surface area contributed by atoms with Crippen molar-refractivity contribution in [1.29, 1.82) is 0 Å². The number of aromatic nitrogens is 2. The van der Waals surface area contributed by atoms with Gasteiger partial charge >= 0.3 is 0 Å². The standard InChI is InChI=1S/C23H26N4O/c28-22(11-10-19-16-25-23-21(19)9-6-12-24-23)26-20(17-27-13-4-5-14-27)15-18-7-2-1-3-8-18/h1-3,6-12,16,20H,4-5,13-15,17H2,(H,24,25)(H,26,28)/b11-10+. The minimum atomic E-state index is -0.0571. The molecule has 5 heteroatoms. The van der Waals surface area contributed by atoms with E-state index in [1.165, 1.54) is 18.4 Å². The number of hydrogen-bond donors (Lipinski definition) is 2. The summed E-state index contributed by atoms with van der Waals surface area (Å²) in [6.07, 6.45) is 10.5. The van der Waals surface area contributed by atoms with Gasteiger partial charge in [0.2, 0.25) is 5.91 Å². The summed E-state index contributed by atoms with van der Waals surface area (Å²) >= 11 is 0. The third-order valence-corrected chi connectivity index (χ3v) is 5.25. The smallest absolute Gasteiger partial charge is 0.244 e. The summed E-state index contributed by atoms with van der Waals surface area (Å²) < 4.78 is 0. The van der Waals surface area contributed by atoms with Gasteiger partial charge in [0.05, 0.1) is 0 Å². The lowest BCUT2D eigenvalue weighted by atomic mass is 10.1. The Morgan fingerprint density at radius 2 is 2.00 bits per heavy atom. The molecule has 2 aromatic heterocycles. The Kier molecular flexibility index (Phi) is 5.83. The molecule has 1 atom stereocenters. The van der Waals surface area contributed by atoms with Crippen molar-refractivity contribution in [3.8, 4) is 0 Å². The summed E-state index contributed by atoms with van der Waals surface area (Å²) in [6.45, 7) is 3.14. The van der Waals surface area contributed by atoms with Crippen LogP contribution in [-0.4, -0.2) is 46.5 Å². The van der Waals surface area contributed by atoms with Gasteiger partial charge in [0.1, 0.15) is 5.65 Å². The summed E-state index contributed by atoms with van der Waals surface area (Å²) in [5.74, 6) is -0.0571. The second-order valence-electron chi connectivity index (χ2n) is 7.38. The first-order chi connectivity index (χ1) is 13.8. The molecule has 1 amide bonds. The van der Waals surface area contributed by atoms with Crippen molar-refractivity contribution in [1.82, 2.24) is 20.2 Å². The highest BCUT2D eigenvalue weighted by atomic mass is 16.1. The van der Waals surface area contributed by atoms with Crippen molar-refractivity contribution in [2.24, 2.45) is 0 Å². The average molecular weight is 374 g/mol. The zero-order valence-corrected chi connectivity index (χ0v) is 16.0. The van der Waals surface area contributed by atoms with Crippen LogP contribution in [0.2, 0.25) is 0 Å². The quantitative estimate of drug-likeness (QED) is 0.623. The number of aromatic amines is 1. The first kappa shape index (κ1) is 18.4. The van der Waals surface area contributed by atoms with Gasteiger partial charge < -0.3 is 15.2 Å². The Labute approximate surface area is 165 Å². The van der Waals surface area contributed by atoms with Crippen LogP contribution >= 0.6 is 0 Å². The van der Waals surface area contributed by atoms with E-state index in [9.17, 15) is 4.79 Å². The van der Waals surface area contributed by atoms with Crippen LogP contribution in [0.25, 0.3) is 17.1 Å². The Morgan fingerprint density at radius 1 is 1.18 bits per heavy atom. The van der Waals surface area contributed by atoms with E-state index in [1.807, 2.05) is 30.5 Å². The third-order valence-electron chi connectivity index (χ3n) is 5.25. The molecule has 1 fully saturated rings. The van der Waals surface area contributed by atoms with Crippen molar-refractivity contribution in [2.45, 2.75) is 25.3 Å². The molecule has 3 heterocycles. The van der Waals surface area contributed by atoms with Crippen molar-refractivity contribution >= 4 is 23.0 Å². The number of carbonyl (C=O) groups is 1. The van der Waals surface area contributed by atoms with Crippen LogP contribution in [0.1, 0.15) is 24.0 Å². The number of rotatable bonds is 7. The molecule has 28 heavy (non-hydrogen) atoms. The monoisotopic (exact) mass is 374 g/mol. The lowest BCUT2D eigenvalue weighted by Gasteiger charge is -2.24. The van der Waals surface area contributed by atoms with Crippen LogP contribution in [0.5, 0.6) is 0 Å². The van der Waals surface area contributed by atoms with Crippen LogP contribution < -0.4 is 5.32 Å². The highest BCUT2D eigenvalue weighted by molar-refractivity contribution is 5.95. The number of hydrogen-bond acceptors (Lipinski definition) is 3. The molecule has 5 nitrogen and oxygen atoms in total. The highest BCUT2D eigenvalue weighted by Gasteiger charge is 2.19. The molecular weight excluding hydrogens is 348 g/mol. The molecule has 144 valence electrons. The molecule has 0 saturated carbocycles. The van der Waals surface area contributed by atoms with E-state index in [-0.39, 0.29) is 11.9 Å². The molecule has 3 aromatic rings. The van der Waals surface area contributed by atoms with E-state index in [4.69, 9.17) is 0 Å². The van der Waals surface area contributed by atoms with E-state index in [2.05, 4.69) is 44.5 Å². The normalized spacial score (nSPS) is 16.0. The zero-order valence-electron chi connectivity index (χ0n) is 16.0. The molecule has 2 N–H and O–H groups in total. The predicted octanol–water partition coefficient (Wildman–Crippen LogP) is 3.40. The van der Waals surface area contributed by atoms with Gasteiger partial charge in [-0.1, -0.05) is 30.3 Å². The SMILES string of the molecule is O=C(/C=C/c1c[nH]c2ncccc12)NC(Cc1ccccc1)CN1CCCC1. The fourth-order valence-electron chi connectivity index (χ4n) is 3.87. The Balaban J connectivity index is 1.43. The Bertz CT molecular complexity index is 941. The van der Waals surface area contributed by atoms with Crippen LogP contribution in [0.4, 0.5) is 0 Å². The molecule has 1 aromatic carbocycles. The number of nitrogens with zero attached hydrogens (tertiary/aromatic N) is 2. The number of H-pyrrole nitrogens is 1. The van der Waals surface area contributed by atoms with Gasteiger partial charge in [-0.05, 0) is 56.1 Å². The zero-order chi connectivity index (χ0) is 19.2. The molecule has 0 aliphatic carbocycles. The maximum absolute atomic E-state index is 12.6. The Hall–Kier alpha value is -2.92. The Morgan fingerprint density at radius 3 is 2.82 bits per heavy atom. The van der Waals surface area contributed by atoms with Gasteiger partial charge in [0.25, 0.3) is 0 Å². The molecule has 1 aliphatic rings. The maximum atomic E-state index is 12.6. The molecule has 0 bridgehead atoms. The summed E-state index contributed by atoms with van der Waals surface area (Å²) in [7, 11) is 0. The van der Waals surface area contributed by atoms with E-state index in [0.717, 1.165) is 42.7 Å². The number of amides is 1. The first-order valence-corrected chi connectivity index (χ1v) is 9.95. The first-order valence-electron chi connectivity index (χ1n) is 9.95. The number of carbonyl (C=O) groups excluding carboxylic acids is 1. The summed E-state index contributed by atoms with van der Waals surface area (Å²) in [5.41, 5.74) is 3.05. The minimum absolute atomic E-state index is 0.0571. The summed E-state index contributed by atoms with van der Waals surface area (Å²) in [4.78, 5) is 22.5. The van der Waals surface area contributed by atoms with Gasteiger partial charge in [-0.25, -0.2) is 4.98 Å². The molecule has 1 saturated heterocycles. The van der Waals surface area contributed by atoms with Crippen LogP contribution in [0.15, 0.2) is 60.9 Å². The number of nitrogens with one attached hydrogen (secondary N) is 2. The largest absolute Gasteiger partial charge is 0.348 e. The van der Waals surface area contributed by atoms with E-state index in [1.54, 1.807) is 12.3 Å². The van der Waals surface area contributed by atoms with Crippen LogP contribution in [0.3, 0.4) is 0 Å². The lowest BCUT2D eigenvalue weighted by Crippen LogP contribution is -2.43. The van der Waals surface area contributed by atoms with Gasteiger partial charge in [-0.3, -0.25) is 4.79 Å². The number of pyridine rings is 1. The number of benzene rings is 1. The molecular formula is C23H26N4O. The van der Waals surface area contributed by atoms with Gasteiger partial charge in [-0.2, -0.15) is 0 Å². The van der Waals surface area contributed by atoms with E-state index in [0.29, 0.717) is 0 Å². The molecule has 1 aliphatic heterocycles. The third kappa shape index (κ3) is 4.67. The lowest BCUT2D eigenvalue weighted by molar-refractivity contribution is -0.117. The second kappa shape index (κ2) is 8.85. The summed E-state index contributed by atoms with van der Waals surface area (Å²) in [5, 5.41) is 4.23. The number of fused-ring (bicyclic) bond motifs is 1. The molecule has 0 spiro atoms. The van der Waals surface area contributed by atoms with Crippen molar-refractivity contribution in [3.63, 3.8) is 0 Å². The topological polar surface area (TPSA) is 61.0 Å². The predicted molar refractivity (Wildman–Crippen MR) is 113 cm³/mol. The number of likely N-dealkylation sites (tertiary alicyclic amines) is 1. The molecule has 0 radical (unpaired) electrons. The van der Waals surface area contributed by atoms with Crippen molar-refractivity contribution in [2.75, 3.05) is 19.6 Å². The van der Waals surface area contributed by atoms with Gasteiger partial charge in [-0.15, -0.1) is 0 Å². The van der Waals surface area contributed by atoms with E-state index < -0.39 is 0 Å². The van der Waals surface area contributed by atoms with Crippen LogP contribution in [-0.2, 0) is 11.2 Å². The van der Waals surface area contributed by atoms with Crippen molar-refractivity contribution in [3.05, 3.63) is 72.1 Å². The van der Waals surface area contributed by atoms with Gasteiger partial charge in [0, 0.05) is 42.0 Å². The van der Waals surface area contributed by atoms with E-state index >= 15 is 0 Å². The van der Waals surface area contributed by atoms with Crippen LogP contribution in [0, 0.1) is 0 Å². The fraction of sp³-hybridized carbons (Fsp3) is 0.304. The second-order valence-corrected chi connectivity index (χ2v) is 7.38. The summed E-state index contributed by atoms with van der Waals surface area (Å²) in [6, 6.07) is 14.4. The fourth-order valence-corrected chi connectivity index (χ4v) is 3.87. The molecule has 1 unspecified atom stereocenters. The average Bonchev–Trinajstić information content (AvgIpc) is 3.37. The molecule has 4 rings (SSSR count). The highest BCUT2D eigenvalue weighted by Crippen LogP contribution is 2.17.